The second-order valence-corrected chi connectivity index (χ2v) is 7.27. The molecule has 0 unspecified atom stereocenters. The van der Waals surface area contributed by atoms with Gasteiger partial charge in [0.1, 0.15) is 0 Å². The van der Waals surface area contributed by atoms with Crippen LogP contribution in [-0.2, 0) is 6.42 Å². The molecule has 0 saturated carbocycles. The van der Waals surface area contributed by atoms with Crippen LogP contribution in [0.15, 0.2) is 30.9 Å². The molecule has 0 radical (unpaired) electrons. The molecule has 0 amide bonds. The van der Waals surface area contributed by atoms with Gasteiger partial charge in [0.15, 0.2) is 0 Å². The number of nitrogens with zero attached hydrogens (tertiary/aromatic N) is 6. The lowest BCUT2D eigenvalue weighted by Gasteiger charge is -2.46. The van der Waals surface area contributed by atoms with Crippen LogP contribution < -0.4 is 9.80 Å². The summed E-state index contributed by atoms with van der Waals surface area (Å²) in [6.45, 7) is 6.38. The topological polar surface area (TPSA) is 58.0 Å². The largest absolute Gasteiger partial charge is 0.341 e. The average Bonchev–Trinajstić information content (AvgIpc) is 2.70. The average molecular weight is 338 g/mol. The van der Waals surface area contributed by atoms with Crippen molar-refractivity contribution in [1.29, 1.82) is 0 Å². The molecule has 0 aromatic carbocycles. The molecule has 2 fully saturated rings. The van der Waals surface area contributed by atoms with Gasteiger partial charge in [0.25, 0.3) is 0 Å². The second kappa shape index (κ2) is 6.94. The van der Waals surface area contributed by atoms with E-state index in [1.807, 2.05) is 30.9 Å². The van der Waals surface area contributed by atoms with Crippen LogP contribution in [0.4, 0.5) is 11.9 Å². The molecular formula is C19H26N6. The zero-order chi connectivity index (χ0) is 17.1. The summed E-state index contributed by atoms with van der Waals surface area (Å²) in [4.78, 5) is 22.5. The first-order valence-corrected chi connectivity index (χ1v) is 9.36. The smallest absolute Gasteiger partial charge is 0.225 e. The monoisotopic (exact) mass is 338 g/mol. The Balaban J connectivity index is 1.34. The van der Waals surface area contributed by atoms with Gasteiger partial charge in [-0.1, -0.05) is 6.92 Å². The Bertz CT molecular complexity index is 669. The predicted octanol–water partition coefficient (Wildman–Crippen LogP) is 2.72. The molecule has 2 aliphatic heterocycles. The first-order chi connectivity index (χ1) is 12.3. The van der Waals surface area contributed by atoms with Gasteiger partial charge in [-0.2, -0.15) is 0 Å². The van der Waals surface area contributed by atoms with E-state index in [0.29, 0.717) is 5.41 Å². The Kier molecular flexibility index (Phi) is 4.51. The van der Waals surface area contributed by atoms with Crippen molar-refractivity contribution >= 4 is 11.9 Å². The molecule has 4 rings (SSSR count). The van der Waals surface area contributed by atoms with Crippen molar-refractivity contribution in [1.82, 2.24) is 19.9 Å². The third-order valence-electron chi connectivity index (χ3n) is 5.87. The molecule has 4 heterocycles. The maximum atomic E-state index is 4.55. The van der Waals surface area contributed by atoms with E-state index in [1.165, 1.54) is 31.2 Å². The molecule has 6 heteroatoms. The lowest BCUT2D eigenvalue weighted by Crippen LogP contribution is -2.47. The van der Waals surface area contributed by atoms with Crippen LogP contribution in [0, 0.1) is 5.41 Å². The molecule has 1 spiro atoms. The molecule has 0 atom stereocenters. The molecule has 2 aromatic heterocycles. The molecule has 6 nitrogen and oxygen atoms in total. The summed E-state index contributed by atoms with van der Waals surface area (Å²) in [6, 6.07) is 1.87. The second-order valence-electron chi connectivity index (χ2n) is 7.27. The summed E-state index contributed by atoms with van der Waals surface area (Å²) < 4.78 is 0. The van der Waals surface area contributed by atoms with Crippen LogP contribution in [0.5, 0.6) is 0 Å². The quantitative estimate of drug-likeness (QED) is 0.858. The van der Waals surface area contributed by atoms with Crippen LogP contribution >= 0.6 is 0 Å². The van der Waals surface area contributed by atoms with Crippen molar-refractivity contribution in [3.63, 3.8) is 0 Å². The summed E-state index contributed by atoms with van der Waals surface area (Å²) in [5.41, 5.74) is 1.68. The van der Waals surface area contributed by atoms with Gasteiger partial charge in [0.05, 0.1) is 0 Å². The summed E-state index contributed by atoms with van der Waals surface area (Å²) in [5.74, 6) is 1.77. The van der Waals surface area contributed by atoms with Gasteiger partial charge in [0, 0.05) is 51.0 Å². The van der Waals surface area contributed by atoms with Gasteiger partial charge >= 0.3 is 0 Å². The lowest BCUT2D eigenvalue weighted by molar-refractivity contribution is 0.165. The fraction of sp³-hybridized carbons (Fsp3) is 0.579. The third kappa shape index (κ3) is 3.43. The van der Waals surface area contributed by atoms with E-state index in [4.69, 9.17) is 0 Å². The molecule has 2 saturated heterocycles. The molecule has 25 heavy (non-hydrogen) atoms. The number of rotatable bonds is 3. The van der Waals surface area contributed by atoms with Gasteiger partial charge in [-0.25, -0.2) is 19.9 Å². The first-order valence-electron chi connectivity index (χ1n) is 9.36. The Labute approximate surface area is 149 Å². The Hall–Kier alpha value is -2.24. The highest BCUT2D eigenvalue weighted by molar-refractivity contribution is 5.32. The van der Waals surface area contributed by atoms with Crippen molar-refractivity contribution in [3.05, 3.63) is 36.4 Å². The van der Waals surface area contributed by atoms with Crippen LogP contribution in [0.1, 0.15) is 38.2 Å². The minimum atomic E-state index is 0.477. The number of aromatic nitrogens is 4. The SMILES string of the molecule is CCc1cnc(N2CCC3(CCN(c4ncccn4)CC3)CC2)nc1. The van der Waals surface area contributed by atoms with E-state index in [-0.39, 0.29) is 0 Å². The summed E-state index contributed by atoms with van der Waals surface area (Å²) in [7, 11) is 0. The summed E-state index contributed by atoms with van der Waals surface area (Å²) >= 11 is 0. The van der Waals surface area contributed by atoms with Crippen molar-refractivity contribution in [2.75, 3.05) is 36.0 Å². The van der Waals surface area contributed by atoms with E-state index in [9.17, 15) is 0 Å². The molecular weight excluding hydrogens is 312 g/mol. The van der Waals surface area contributed by atoms with Gasteiger partial charge in [-0.05, 0) is 49.1 Å². The molecule has 0 N–H and O–H groups in total. The number of piperidine rings is 2. The van der Waals surface area contributed by atoms with Crippen molar-refractivity contribution < 1.29 is 0 Å². The standard InChI is InChI=1S/C19H26N6/c1-2-16-14-22-18(23-15-16)25-12-6-19(7-13-25)4-10-24(11-5-19)17-20-8-3-9-21-17/h3,8-9,14-15H,2,4-7,10-13H2,1H3. The normalized spacial score (nSPS) is 20.0. The Morgan fingerprint density at radius 3 is 1.76 bits per heavy atom. The minimum absolute atomic E-state index is 0.477. The first kappa shape index (κ1) is 16.2. The van der Waals surface area contributed by atoms with Gasteiger partial charge < -0.3 is 9.80 Å². The maximum absolute atomic E-state index is 4.55. The fourth-order valence-electron chi connectivity index (χ4n) is 4.01. The number of aryl methyl sites for hydroxylation is 1. The van der Waals surface area contributed by atoms with Crippen LogP contribution in [-0.4, -0.2) is 46.1 Å². The molecule has 132 valence electrons. The van der Waals surface area contributed by atoms with Crippen molar-refractivity contribution in [3.8, 4) is 0 Å². The maximum Gasteiger partial charge on any atom is 0.225 e. The van der Waals surface area contributed by atoms with E-state index < -0.39 is 0 Å². The number of anilines is 2. The zero-order valence-electron chi connectivity index (χ0n) is 14.9. The van der Waals surface area contributed by atoms with Gasteiger partial charge in [-0.3, -0.25) is 0 Å². The summed E-state index contributed by atoms with van der Waals surface area (Å²) in [6.07, 6.45) is 13.5. The molecule has 0 bridgehead atoms. The third-order valence-corrected chi connectivity index (χ3v) is 5.87. The predicted molar refractivity (Wildman–Crippen MR) is 98.8 cm³/mol. The van der Waals surface area contributed by atoms with Gasteiger partial charge in [-0.15, -0.1) is 0 Å². The number of hydrogen-bond donors (Lipinski definition) is 0. The minimum Gasteiger partial charge on any atom is -0.341 e. The highest BCUT2D eigenvalue weighted by Gasteiger charge is 2.38. The fourth-order valence-corrected chi connectivity index (χ4v) is 4.01. The van der Waals surface area contributed by atoms with Crippen LogP contribution in [0.3, 0.4) is 0 Å². The highest BCUT2D eigenvalue weighted by Crippen LogP contribution is 2.42. The van der Waals surface area contributed by atoms with Crippen LogP contribution in [0.25, 0.3) is 0 Å². The van der Waals surface area contributed by atoms with Crippen molar-refractivity contribution in [2.45, 2.75) is 39.0 Å². The highest BCUT2D eigenvalue weighted by atomic mass is 15.3. The number of hydrogen-bond acceptors (Lipinski definition) is 6. The Morgan fingerprint density at radius 2 is 1.28 bits per heavy atom. The molecule has 0 aliphatic carbocycles. The van der Waals surface area contributed by atoms with E-state index >= 15 is 0 Å². The van der Waals surface area contributed by atoms with Crippen molar-refractivity contribution in [2.24, 2.45) is 5.41 Å². The summed E-state index contributed by atoms with van der Waals surface area (Å²) in [5, 5.41) is 0. The van der Waals surface area contributed by atoms with E-state index in [1.54, 1.807) is 0 Å². The van der Waals surface area contributed by atoms with Crippen LogP contribution in [0.2, 0.25) is 0 Å². The lowest BCUT2D eigenvalue weighted by atomic mass is 9.71. The van der Waals surface area contributed by atoms with Gasteiger partial charge in [0.2, 0.25) is 11.9 Å². The molecule has 2 aromatic rings. The zero-order valence-corrected chi connectivity index (χ0v) is 14.9. The van der Waals surface area contributed by atoms with E-state index in [0.717, 1.165) is 44.5 Å². The van der Waals surface area contributed by atoms with E-state index in [2.05, 4.69) is 36.7 Å². The molecule has 2 aliphatic rings. The Morgan fingerprint density at radius 1 is 0.800 bits per heavy atom.